The number of halogens is 1. The van der Waals surface area contributed by atoms with Gasteiger partial charge in [0.15, 0.2) is 0 Å². The minimum Gasteiger partial charge on any atom is -0.480 e. The second kappa shape index (κ2) is 4.68. The van der Waals surface area contributed by atoms with Crippen LogP contribution in [0.1, 0.15) is 25.7 Å². The van der Waals surface area contributed by atoms with Gasteiger partial charge in [0.05, 0.1) is 0 Å². The van der Waals surface area contributed by atoms with Gasteiger partial charge in [0.25, 0.3) is 0 Å². The fourth-order valence-corrected chi connectivity index (χ4v) is 3.68. The van der Waals surface area contributed by atoms with Crippen molar-refractivity contribution in [3.05, 3.63) is 29.3 Å². The predicted molar refractivity (Wildman–Crippen MR) is 66.1 cm³/mol. The third kappa shape index (κ3) is 2.36. The van der Waals surface area contributed by atoms with Crippen LogP contribution >= 0.6 is 23.4 Å². The van der Waals surface area contributed by atoms with E-state index in [-0.39, 0.29) is 0 Å². The molecule has 1 saturated carbocycles. The highest BCUT2D eigenvalue weighted by Gasteiger charge is 2.42. The second-order valence-corrected chi connectivity index (χ2v) is 5.96. The number of carbonyl (C=O) groups is 1. The molecule has 2 nitrogen and oxygen atoms in total. The average molecular weight is 257 g/mol. The summed E-state index contributed by atoms with van der Waals surface area (Å²) < 4.78 is -0.634. The zero-order valence-corrected chi connectivity index (χ0v) is 10.4. The van der Waals surface area contributed by atoms with E-state index in [9.17, 15) is 9.90 Å². The number of carboxylic acids is 1. The van der Waals surface area contributed by atoms with Crippen LogP contribution in [-0.4, -0.2) is 15.8 Å². The lowest BCUT2D eigenvalue weighted by Crippen LogP contribution is -2.31. The lowest BCUT2D eigenvalue weighted by molar-refractivity contribution is -0.139. The Morgan fingerprint density at radius 3 is 2.62 bits per heavy atom. The quantitative estimate of drug-likeness (QED) is 0.893. The van der Waals surface area contributed by atoms with E-state index in [1.165, 1.54) is 11.8 Å². The number of rotatable bonds is 3. The van der Waals surface area contributed by atoms with Crippen LogP contribution in [-0.2, 0) is 4.79 Å². The van der Waals surface area contributed by atoms with Gasteiger partial charge in [-0.05, 0) is 31.0 Å². The van der Waals surface area contributed by atoms with Crippen LogP contribution in [0.5, 0.6) is 0 Å². The van der Waals surface area contributed by atoms with Gasteiger partial charge < -0.3 is 5.11 Å². The highest BCUT2D eigenvalue weighted by Crippen LogP contribution is 2.45. The molecule has 86 valence electrons. The molecule has 0 amide bonds. The van der Waals surface area contributed by atoms with E-state index in [1.807, 2.05) is 18.2 Å². The van der Waals surface area contributed by atoms with Crippen molar-refractivity contribution in [2.24, 2.45) is 0 Å². The monoisotopic (exact) mass is 256 g/mol. The number of hydrogen-bond donors (Lipinski definition) is 1. The Morgan fingerprint density at radius 1 is 1.38 bits per heavy atom. The molecular formula is C12H13ClO2S. The SMILES string of the molecule is O=C(O)C1(Sc2cccc(Cl)c2)CCCC1. The molecule has 0 spiro atoms. The molecule has 1 aromatic rings. The molecule has 1 aromatic carbocycles. The van der Waals surface area contributed by atoms with Crippen molar-refractivity contribution < 1.29 is 9.90 Å². The van der Waals surface area contributed by atoms with Crippen LogP contribution < -0.4 is 0 Å². The number of benzene rings is 1. The summed E-state index contributed by atoms with van der Waals surface area (Å²) in [4.78, 5) is 12.3. The van der Waals surface area contributed by atoms with Crippen molar-refractivity contribution in [2.75, 3.05) is 0 Å². The molecule has 1 N–H and O–H groups in total. The Balaban J connectivity index is 2.21. The van der Waals surface area contributed by atoms with Crippen LogP contribution in [0.3, 0.4) is 0 Å². The van der Waals surface area contributed by atoms with Crippen molar-refractivity contribution in [1.29, 1.82) is 0 Å². The van der Waals surface area contributed by atoms with Gasteiger partial charge in [0.2, 0.25) is 0 Å². The zero-order valence-electron chi connectivity index (χ0n) is 8.78. The maximum atomic E-state index is 11.4. The molecule has 0 bridgehead atoms. The summed E-state index contributed by atoms with van der Waals surface area (Å²) in [5.74, 6) is -0.699. The largest absolute Gasteiger partial charge is 0.480 e. The van der Waals surface area contributed by atoms with Gasteiger partial charge in [0, 0.05) is 9.92 Å². The fourth-order valence-electron chi connectivity index (χ4n) is 2.06. The van der Waals surface area contributed by atoms with E-state index < -0.39 is 10.7 Å². The molecule has 0 radical (unpaired) electrons. The molecule has 1 aliphatic carbocycles. The van der Waals surface area contributed by atoms with Gasteiger partial charge in [-0.15, -0.1) is 11.8 Å². The fraction of sp³-hybridized carbons (Fsp3) is 0.417. The van der Waals surface area contributed by atoms with Gasteiger partial charge in [-0.1, -0.05) is 30.5 Å². The first-order valence-corrected chi connectivity index (χ1v) is 6.50. The molecule has 16 heavy (non-hydrogen) atoms. The van der Waals surface area contributed by atoms with E-state index in [0.29, 0.717) is 5.02 Å². The number of carboxylic acid groups (broad SMARTS) is 1. The standard InChI is InChI=1S/C12H13ClO2S/c13-9-4-3-5-10(8-9)16-12(11(14)15)6-1-2-7-12/h3-5,8H,1-2,6-7H2,(H,14,15). The number of hydrogen-bond acceptors (Lipinski definition) is 2. The molecule has 1 aliphatic rings. The third-order valence-corrected chi connectivity index (χ3v) is 4.61. The Bertz CT molecular complexity index is 400. The van der Waals surface area contributed by atoms with E-state index in [1.54, 1.807) is 6.07 Å². The van der Waals surface area contributed by atoms with Crippen molar-refractivity contribution in [2.45, 2.75) is 35.3 Å². The molecule has 0 heterocycles. The van der Waals surface area contributed by atoms with Gasteiger partial charge in [-0.25, -0.2) is 0 Å². The molecule has 0 saturated heterocycles. The Labute approximate surface area is 104 Å². The summed E-state index contributed by atoms with van der Waals surface area (Å²) in [6.07, 6.45) is 3.50. The highest BCUT2D eigenvalue weighted by atomic mass is 35.5. The molecule has 0 atom stereocenters. The van der Waals surface area contributed by atoms with Crippen LogP contribution in [0.15, 0.2) is 29.2 Å². The molecule has 0 aliphatic heterocycles. The zero-order chi connectivity index (χ0) is 11.6. The summed E-state index contributed by atoms with van der Waals surface area (Å²) in [6.45, 7) is 0. The van der Waals surface area contributed by atoms with Crippen LogP contribution in [0.4, 0.5) is 0 Å². The van der Waals surface area contributed by atoms with Gasteiger partial charge in [-0.3, -0.25) is 4.79 Å². The number of aliphatic carboxylic acids is 1. The predicted octanol–water partition coefficient (Wildman–Crippen LogP) is 3.83. The number of thioether (sulfide) groups is 1. The maximum absolute atomic E-state index is 11.4. The smallest absolute Gasteiger partial charge is 0.320 e. The first-order chi connectivity index (χ1) is 7.62. The first-order valence-electron chi connectivity index (χ1n) is 5.30. The Hall–Kier alpha value is -0.670. The molecule has 0 aromatic heterocycles. The maximum Gasteiger partial charge on any atom is 0.320 e. The van der Waals surface area contributed by atoms with Crippen LogP contribution in [0.25, 0.3) is 0 Å². The van der Waals surface area contributed by atoms with E-state index >= 15 is 0 Å². The molecule has 0 unspecified atom stereocenters. The van der Waals surface area contributed by atoms with Crippen LogP contribution in [0.2, 0.25) is 5.02 Å². The average Bonchev–Trinajstić information content (AvgIpc) is 2.67. The molecule has 2 rings (SSSR count). The normalized spacial score (nSPS) is 18.6. The summed E-state index contributed by atoms with van der Waals surface area (Å²) >= 11 is 7.33. The summed E-state index contributed by atoms with van der Waals surface area (Å²) in [7, 11) is 0. The van der Waals surface area contributed by atoms with E-state index in [4.69, 9.17) is 11.6 Å². The minimum atomic E-state index is -0.699. The third-order valence-electron chi connectivity index (χ3n) is 2.91. The van der Waals surface area contributed by atoms with Gasteiger partial charge in [-0.2, -0.15) is 0 Å². The molecular weight excluding hydrogens is 244 g/mol. The van der Waals surface area contributed by atoms with Crippen LogP contribution in [0, 0.1) is 0 Å². The minimum absolute atomic E-state index is 0.634. The Morgan fingerprint density at radius 2 is 2.06 bits per heavy atom. The highest BCUT2D eigenvalue weighted by molar-refractivity contribution is 8.01. The van der Waals surface area contributed by atoms with Gasteiger partial charge in [0.1, 0.15) is 4.75 Å². The van der Waals surface area contributed by atoms with Crippen molar-refractivity contribution in [3.63, 3.8) is 0 Å². The van der Waals surface area contributed by atoms with E-state index in [0.717, 1.165) is 30.6 Å². The second-order valence-electron chi connectivity index (χ2n) is 4.07. The van der Waals surface area contributed by atoms with Crippen molar-refractivity contribution in [1.82, 2.24) is 0 Å². The first kappa shape index (κ1) is 11.8. The lowest BCUT2D eigenvalue weighted by atomic mass is 10.1. The molecule has 4 heteroatoms. The topological polar surface area (TPSA) is 37.3 Å². The molecule has 1 fully saturated rings. The summed E-state index contributed by atoms with van der Waals surface area (Å²) in [6, 6.07) is 7.40. The Kier molecular flexibility index (Phi) is 3.45. The lowest BCUT2D eigenvalue weighted by Gasteiger charge is -2.22. The van der Waals surface area contributed by atoms with Gasteiger partial charge >= 0.3 is 5.97 Å². The van der Waals surface area contributed by atoms with Crippen molar-refractivity contribution >= 4 is 29.3 Å². The summed E-state index contributed by atoms with van der Waals surface area (Å²) in [5, 5.41) is 10.00. The summed E-state index contributed by atoms with van der Waals surface area (Å²) in [5.41, 5.74) is 0. The van der Waals surface area contributed by atoms with Crippen molar-refractivity contribution in [3.8, 4) is 0 Å². The van der Waals surface area contributed by atoms with E-state index in [2.05, 4.69) is 0 Å².